The number of rotatable bonds is 8. The molecule has 0 amide bonds. The summed E-state index contributed by atoms with van der Waals surface area (Å²) in [5.41, 5.74) is 0.459. The van der Waals surface area contributed by atoms with E-state index in [0.717, 1.165) is 24.8 Å². The monoisotopic (exact) mass is 451 g/mol. The van der Waals surface area contributed by atoms with Crippen molar-refractivity contribution >= 4 is 35.9 Å². The second-order valence-corrected chi connectivity index (χ2v) is 5.92. The van der Waals surface area contributed by atoms with Crippen LogP contribution in [0.2, 0.25) is 0 Å². The number of halogens is 1. The van der Waals surface area contributed by atoms with E-state index in [4.69, 9.17) is 9.15 Å². The van der Waals surface area contributed by atoms with Crippen LogP contribution in [0, 0.1) is 12.8 Å². The van der Waals surface area contributed by atoms with Crippen LogP contribution in [0.25, 0.3) is 0 Å². The van der Waals surface area contributed by atoms with Gasteiger partial charge in [0.15, 0.2) is 5.96 Å². The molecular weight excluding hydrogens is 421 g/mol. The van der Waals surface area contributed by atoms with E-state index in [1.54, 1.807) is 20.0 Å². The molecule has 0 spiro atoms. The number of hydrogen-bond acceptors (Lipinski definition) is 4. The Bertz CT molecular complexity index is 527. The molecule has 0 atom stereocenters. The van der Waals surface area contributed by atoms with E-state index < -0.39 is 0 Å². The van der Waals surface area contributed by atoms with E-state index in [2.05, 4.69) is 29.5 Å². The molecule has 1 rings (SSSR count). The zero-order valence-electron chi connectivity index (χ0n) is 15.3. The number of ether oxygens (including phenoxy) is 1. The fraction of sp³-hybridized carbons (Fsp3) is 0.647. The fourth-order valence-corrected chi connectivity index (χ4v) is 2.22. The molecule has 0 aliphatic carbocycles. The van der Waals surface area contributed by atoms with Gasteiger partial charge in [-0.3, -0.25) is 4.99 Å². The highest BCUT2D eigenvalue weighted by molar-refractivity contribution is 14.0. The van der Waals surface area contributed by atoms with E-state index in [-0.39, 0.29) is 29.9 Å². The number of nitrogens with one attached hydrogen (secondary N) is 2. The zero-order chi connectivity index (χ0) is 17.2. The molecule has 0 fully saturated rings. The molecule has 1 aromatic heterocycles. The second kappa shape index (κ2) is 12.2. The molecule has 0 saturated carbocycles. The van der Waals surface area contributed by atoms with E-state index in [1.165, 1.54) is 20.0 Å². The van der Waals surface area contributed by atoms with Gasteiger partial charge in [-0.15, -0.1) is 24.0 Å². The Labute approximate surface area is 161 Å². The summed E-state index contributed by atoms with van der Waals surface area (Å²) < 4.78 is 10.3. The Morgan fingerprint density at radius 3 is 2.62 bits per heavy atom. The Balaban J connectivity index is 0.00000529. The Hall–Kier alpha value is -1.25. The van der Waals surface area contributed by atoms with Crippen LogP contribution in [-0.4, -0.2) is 32.6 Å². The quantitative estimate of drug-likeness (QED) is 0.208. The first-order valence-electron chi connectivity index (χ1n) is 8.10. The molecule has 1 aromatic rings. The van der Waals surface area contributed by atoms with Gasteiger partial charge in [0.2, 0.25) is 0 Å². The van der Waals surface area contributed by atoms with Gasteiger partial charge in [-0.25, -0.2) is 4.79 Å². The maximum absolute atomic E-state index is 11.6. The number of esters is 1. The number of aryl methyl sites for hydroxylation is 1. The number of carbonyl (C=O) groups excluding carboxylic acids is 1. The standard InChI is InChI=1S/C17H29N3O3.HI/c1-12(2)8-6-7-9-19-17(18-4)20-11-14-10-15(13(3)23-14)16(21)22-5;/h10,12H,6-9,11H2,1-5H3,(H2,18,19,20);1H. The minimum absolute atomic E-state index is 0. The molecule has 0 unspecified atom stereocenters. The van der Waals surface area contributed by atoms with Gasteiger partial charge >= 0.3 is 5.97 Å². The highest BCUT2D eigenvalue weighted by Gasteiger charge is 2.15. The Kier molecular flexibility index (Phi) is 11.5. The lowest BCUT2D eigenvalue weighted by atomic mass is 10.1. The van der Waals surface area contributed by atoms with Crippen LogP contribution in [0.1, 0.15) is 55.0 Å². The molecule has 24 heavy (non-hydrogen) atoms. The first-order valence-corrected chi connectivity index (χ1v) is 8.10. The number of unbranched alkanes of at least 4 members (excludes halogenated alkanes) is 1. The summed E-state index contributed by atoms with van der Waals surface area (Å²) in [7, 11) is 3.09. The first kappa shape index (κ1) is 22.8. The summed E-state index contributed by atoms with van der Waals surface area (Å²) in [5, 5.41) is 6.45. The molecule has 7 heteroatoms. The number of carbonyl (C=O) groups is 1. The average Bonchev–Trinajstić information content (AvgIpc) is 2.89. The molecule has 0 aromatic carbocycles. The molecule has 2 N–H and O–H groups in total. The average molecular weight is 451 g/mol. The zero-order valence-corrected chi connectivity index (χ0v) is 17.6. The summed E-state index contributed by atoms with van der Waals surface area (Å²) in [6.45, 7) is 7.57. The highest BCUT2D eigenvalue weighted by Crippen LogP contribution is 2.15. The molecule has 138 valence electrons. The number of nitrogens with zero attached hydrogens (tertiary/aromatic N) is 1. The van der Waals surface area contributed by atoms with Gasteiger partial charge in [0, 0.05) is 13.6 Å². The summed E-state index contributed by atoms with van der Waals surface area (Å²) >= 11 is 0. The maximum atomic E-state index is 11.6. The number of guanidine groups is 1. The summed E-state index contributed by atoms with van der Waals surface area (Å²) in [6, 6.07) is 1.70. The lowest BCUT2D eigenvalue weighted by Gasteiger charge is -2.11. The van der Waals surface area contributed by atoms with Crippen molar-refractivity contribution in [2.24, 2.45) is 10.9 Å². The van der Waals surface area contributed by atoms with Crippen LogP contribution in [-0.2, 0) is 11.3 Å². The van der Waals surface area contributed by atoms with Gasteiger partial charge < -0.3 is 19.8 Å². The molecule has 0 aliphatic rings. The van der Waals surface area contributed by atoms with Gasteiger partial charge in [-0.1, -0.05) is 26.7 Å². The van der Waals surface area contributed by atoms with Crippen LogP contribution in [0.5, 0.6) is 0 Å². The van der Waals surface area contributed by atoms with Crippen molar-refractivity contribution in [3.8, 4) is 0 Å². The number of furan rings is 1. The minimum atomic E-state index is -0.384. The van der Waals surface area contributed by atoms with Crippen molar-refractivity contribution in [1.29, 1.82) is 0 Å². The first-order chi connectivity index (χ1) is 11.0. The maximum Gasteiger partial charge on any atom is 0.341 e. The number of hydrogen-bond donors (Lipinski definition) is 2. The van der Waals surface area contributed by atoms with Crippen LogP contribution < -0.4 is 10.6 Å². The van der Waals surface area contributed by atoms with E-state index in [9.17, 15) is 4.79 Å². The SMILES string of the molecule is CN=C(NCCCCC(C)C)NCc1cc(C(=O)OC)c(C)o1.I. The predicted molar refractivity (Wildman–Crippen MR) is 107 cm³/mol. The van der Waals surface area contributed by atoms with Gasteiger partial charge in [0.1, 0.15) is 17.1 Å². The van der Waals surface area contributed by atoms with E-state index in [0.29, 0.717) is 23.6 Å². The Morgan fingerprint density at radius 1 is 1.33 bits per heavy atom. The van der Waals surface area contributed by atoms with Crippen molar-refractivity contribution in [2.75, 3.05) is 20.7 Å². The van der Waals surface area contributed by atoms with Gasteiger partial charge in [0.05, 0.1) is 13.7 Å². The third-order valence-electron chi connectivity index (χ3n) is 3.53. The molecule has 0 aliphatic heterocycles. The number of aliphatic imine (C=N–C) groups is 1. The molecule has 1 heterocycles. The number of methoxy groups -OCH3 is 1. The van der Waals surface area contributed by atoms with Crippen molar-refractivity contribution in [2.45, 2.75) is 46.6 Å². The van der Waals surface area contributed by atoms with E-state index >= 15 is 0 Å². The lowest BCUT2D eigenvalue weighted by molar-refractivity contribution is 0.0599. The largest absolute Gasteiger partial charge is 0.465 e. The Morgan fingerprint density at radius 2 is 2.04 bits per heavy atom. The normalized spacial score (nSPS) is 11.2. The molecule has 6 nitrogen and oxygen atoms in total. The van der Waals surface area contributed by atoms with Gasteiger partial charge in [-0.2, -0.15) is 0 Å². The summed E-state index contributed by atoms with van der Waals surface area (Å²) in [6.07, 6.45) is 3.57. The predicted octanol–water partition coefficient (Wildman–Crippen LogP) is 3.48. The van der Waals surface area contributed by atoms with Crippen molar-refractivity contribution in [3.05, 3.63) is 23.2 Å². The molecule has 0 bridgehead atoms. The van der Waals surface area contributed by atoms with Crippen molar-refractivity contribution < 1.29 is 13.9 Å². The molecule has 0 radical (unpaired) electrons. The topological polar surface area (TPSA) is 75.9 Å². The summed E-state index contributed by atoms with van der Waals surface area (Å²) in [5.74, 6) is 2.32. The van der Waals surface area contributed by atoms with Gasteiger partial charge in [0.25, 0.3) is 0 Å². The lowest BCUT2D eigenvalue weighted by Crippen LogP contribution is -2.37. The van der Waals surface area contributed by atoms with Crippen LogP contribution in [0.15, 0.2) is 15.5 Å². The van der Waals surface area contributed by atoms with E-state index in [1.807, 2.05) is 0 Å². The van der Waals surface area contributed by atoms with Crippen molar-refractivity contribution in [1.82, 2.24) is 10.6 Å². The second-order valence-electron chi connectivity index (χ2n) is 5.92. The third-order valence-corrected chi connectivity index (χ3v) is 3.53. The third kappa shape index (κ3) is 8.03. The molecule has 0 saturated heterocycles. The van der Waals surface area contributed by atoms with Crippen molar-refractivity contribution in [3.63, 3.8) is 0 Å². The van der Waals surface area contributed by atoms with Crippen LogP contribution >= 0.6 is 24.0 Å². The smallest absolute Gasteiger partial charge is 0.341 e. The minimum Gasteiger partial charge on any atom is -0.465 e. The van der Waals surface area contributed by atoms with Crippen LogP contribution in [0.3, 0.4) is 0 Å². The summed E-state index contributed by atoms with van der Waals surface area (Å²) in [4.78, 5) is 15.7. The fourth-order valence-electron chi connectivity index (χ4n) is 2.22. The highest BCUT2D eigenvalue weighted by atomic mass is 127. The van der Waals surface area contributed by atoms with Crippen LogP contribution in [0.4, 0.5) is 0 Å². The molecular formula is C17H30IN3O3. The van der Waals surface area contributed by atoms with Gasteiger partial charge in [-0.05, 0) is 25.3 Å².